The number of likely N-dealkylation sites (N-methyl/N-ethyl adjacent to an activating group) is 1. The van der Waals surface area contributed by atoms with Gasteiger partial charge < -0.3 is 20.3 Å². The van der Waals surface area contributed by atoms with Crippen molar-refractivity contribution >= 4 is 22.5 Å². The summed E-state index contributed by atoms with van der Waals surface area (Å²) in [4.78, 5) is 18.4. The number of aliphatic hydroxyl groups excluding tert-OH is 1. The lowest BCUT2D eigenvalue weighted by Gasteiger charge is -2.33. The lowest BCUT2D eigenvalue weighted by molar-refractivity contribution is -0.124. The van der Waals surface area contributed by atoms with Crippen molar-refractivity contribution in [1.82, 2.24) is 10.3 Å². The normalized spacial score (nSPS) is 21.5. The highest BCUT2D eigenvalue weighted by molar-refractivity contribution is 6.00. The Morgan fingerprint density at radius 1 is 1.31 bits per heavy atom. The second-order valence-electron chi connectivity index (χ2n) is 8.84. The van der Waals surface area contributed by atoms with Gasteiger partial charge in [0.1, 0.15) is 6.04 Å². The van der Waals surface area contributed by atoms with E-state index >= 15 is 0 Å². The van der Waals surface area contributed by atoms with Crippen LogP contribution < -0.4 is 10.2 Å². The number of anilines is 1. The van der Waals surface area contributed by atoms with E-state index in [1.54, 1.807) is 0 Å². The third-order valence-corrected chi connectivity index (χ3v) is 5.43. The van der Waals surface area contributed by atoms with E-state index in [0.717, 1.165) is 16.8 Å². The Hall–Kier alpha value is -2.01. The standard InChI is InChI=1S/C21H31N3O2/c1-12(2)19-20(26)23-14(11-25)9-13-10-22-18-15(21(3,4)5)7-8-16(17(13)18)24(19)6/h7-8,10,12,14,19,22,25H,9,11H2,1-6H3,(H,23,26)/t14-,19-/m0/s1. The molecular formula is C21H31N3O2. The molecule has 1 aromatic heterocycles. The molecule has 2 atom stereocenters. The third-order valence-electron chi connectivity index (χ3n) is 5.43. The fraction of sp³-hybridized carbons (Fsp3) is 0.571. The van der Waals surface area contributed by atoms with Gasteiger partial charge in [-0.2, -0.15) is 0 Å². The van der Waals surface area contributed by atoms with E-state index in [4.69, 9.17) is 0 Å². The van der Waals surface area contributed by atoms with Crippen LogP contribution in [0.1, 0.15) is 45.7 Å². The maximum atomic E-state index is 12.9. The van der Waals surface area contributed by atoms with Crippen LogP contribution in [0.2, 0.25) is 0 Å². The minimum Gasteiger partial charge on any atom is -0.394 e. The molecule has 142 valence electrons. The minimum absolute atomic E-state index is 0.0134. The number of benzene rings is 1. The van der Waals surface area contributed by atoms with Crippen LogP contribution in [0, 0.1) is 5.92 Å². The number of aromatic amines is 1. The fourth-order valence-electron chi connectivity index (χ4n) is 4.17. The molecule has 0 bridgehead atoms. The van der Waals surface area contributed by atoms with E-state index in [2.05, 4.69) is 62.0 Å². The molecule has 0 aliphatic carbocycles. The second-order valence-corrected chi connectivity index (χ2v) is 8.84. The average molecular weight is 357 g/mol. The van der Waals surface area contributed by atoms with E-state index in [1.165, 1.54) is 10.9 Å². The maximum Gasteiger partial charge on any atom is 0.243 e. The van der Waals surface area contributed by atoms with Crippen LogP contribution in [-0.4, -0.2) is 41.7 Å². The first-order valence-corrected chi connectivity index (χ1v) is 9.42. The number of nitrogens with one attached hydrogen (secondary N) is 2. The van der Waals surface area contributed by atoms with Gasteiger partial charge >= 0.3 is 0 Å². The summed E-state index contributed by atoms with van der Waals surface area (Å²) in [7, 11) is 1.99. The number of hydrogen-bond acceptors (Lipinski definition) is 3. The monoisotopic (exact) mass is 357 g/mol. The topological polar surface area (TPSA) is 68.4 Å². The highest BCUT2D eigenvalue weighted by Gasteiger charge is 2.32. The minimum atomic E-state index is -0.284. The van der Waals surface area contributed by atoms with Crippen LogP contribution in [0.25, 0.3) is 10.9 Å². The first-order chi connectivity index (χ1) is 12.1. The van der Waals surface area contributed by atoms with E-state index in [-0.39, 0.29) is 35.9 Å². The highest BCUT2D eigenvalue weighted by atomic mass is 16.3. The van der Waals surface area contributed by atoms with Crippen LogP contribution >= 0.6 is 0 Å². The molecule has 1 aromatic carbocycles. The molecule has 2 aromatic rings. The predicted octanol–water partition coefficient (Wildman–Crippen LogP) is 2.96. The van der Waals surface area contributed by atoms with Crippen LogP contribution in [0.3, 0.4) is 0 Å². The van der Waals surface area contributed by atoms with Gasteiger partial charge in [-0.1, -0.05) is 40.7 Å². The van der Waals surface area contributed by atoms with Crippen LogP contribution in [0.5, 0.6) is 0 Å². The van der Waals surface area contributed by atoms with Crippen molar-refractivity contribution in [3.05, 3.63) is 29.5 Å². The van der Waals surface area contributed by atoms with Crippen molar-refractivity contribution in [1.29, 1.82) is 0 Å². The first-order valence-electron chi connectivity index (χ1n) is 9.42. The molecule has 1 aliphatic heterocycles. The third kappa shape index (κ3) is 3.09. The molecule has 5 nitrogen and oxygen atoms in total. The maximum absolute atomic E-state index is 12.9. The van der Waals surface area contributed by atoms with Crippen molar-refractivity contribution < 1.29 is 9.90 Å². The van der Waals surface area contributed by atoms with Gasteiger partial charge in [0.2, 0.25) is 5.91 Å². The molecule has 3 N–H and O–H groups in total. The number of aliphatic hydroxyl groups is 1. The predicted molar refractivity (Wildman–Crippen MR) is 107 cm³/mol. The van der Waals surface area contributed by atoms with Gasteiger partial charge in [-0.15, -0.1) is 0 Å². The Morgan fingerprint density at radius 3 is 2.58 bits per heavy atom. The van der Waals surface area contributed by atoms with Gasteiger partial charge in [-0.25, -0.2) is 0 Å². The molecule has 0 saturated carbocycles. The largest absolute Gasteiger partial charge is 0.394 e. The number of rotatable bonds is 2. The Bertz CT molecular complexity index is 817. The van der Waals surface area contributed by atoms with E-state index < -0.39 is 0 Å². The van der Waals surface area contributed by atoms with Crippen LogP contribution in [0.4, 0.5) is 5.69 Å². The van der Waals surface area contributed by atoms with Crippen LogP contribution in [0.15, 0.2) is 18.3 Å². The van der Waals surface area contributed by atoms with Gasteiger partial charge in [-0.05, 0) is 34.9 Å². The Balaban J connectivity index is 2.28. The smallest absolute Gasteiger partial charge is 0.243 e. The number of amides is 1. The average Bonchev–Trinajstić information content (AvgIpc) is 2.96. The molecule has 1 aliphatic rings. The van der Waals surface area contributed by atoms with Crippen LogP contribution in [-0.2, 0) is 16.6 Å². The van der Waals surface area contributed by atoms with Crippen molar-refractivity contribution in [2.45, 2.75) is 58.5 Å². The SMILES string of the molecule is CC(C)[C@H]1C(=O)N[C@H](CO)Cc2c[nH]c3c(C(C)(C)C)ccc(c23)N1C. The molecule has 0 fully saturated rings. The summed E-state index contributed by atoms with van der Waals surface area (Å²) in [6, 6.07) is 3.75. The quantitative estimate of drug-likeness (QED) is 0.774. The number of H-pyrrole nitrogens is 1. The summed E-state index contributed by atoms with van der Waals surface area (Å²) in [5, 5.41) is 14.0. The Kier molecular flexibility index (Phi) is 4.78. The molecule has 0 radical (unpaired) electrons. The molecule has 0 saturated heterocycles. The summed E-state index contributed by atoms with van der Waals surface area (Å²) in [6.07, 6.45) is 2.64. The zero-order chi connectivity index (χ0) is 19.2. The van der Waals surface area contributed by atoms with Crippen molar-refractivity contribution in [3.8, 4) is 0 Å². The van der Waals surface area contributed by atoms with E-state index in [1.807, 2.05) is 13.2 Å². The van der Waals surface area contributed by atoms with E-state index in [0.29, 0.717) is 6.42 Å². The number of nitrogens with zero attached hydrogens (tertiary/aromatic N) is 1. The number of aromatic nitrogens is 1. The molecule has 1 amide bonds. The second kappa shape index (κ2) is 6.62. The lowest BCUT2D eigenvalue weighted by atomic mass is 9.84. The summed E-state index contributed by atoms with van der Waals surface area (Å²) >= 11 is 0. The van der Waals surface area contributed by atoms with Gasteiger partial charge in [0.05, 0.1) is 18.2 Å². The molecule has 0 unspecified atom stereocenters. The summed E-state index contributed by atoms with van der Waals surface area (Å²) in [5.74, 6) is 0.126. The summed E-state index contributed by atoms with van der Waals surface area (Å²) in [6.45, 7) is 10.7. The highest BCUT2D eigenvalue weighted by Crippen LogP contribution is 2.38. The Labute approximate surface area is 155 Å². The lowest BCUT2D eigenvalue weighted by Crippen LogP contribution is -2.52. The Morgan fingerprint density at radius 2 is 2.00 bits per heavy atom. The van der Waals surface area contributed by atoms with Gasteiger partial charge in [0.15, 0.2) is 0 Å². The molecule has 26 heavy (non-hydrogen) atoms. The van der Waals surface area contributed by atoms with Gasteiger partial charge in [0.25, 0.3) is 0 Å². The van der Waals surface area contributed by atoms with Crippen molar-refractivity contribution in [2.24, 2.45) is 5.92 Å². The van der Waals surface area contributed by atoms with Crippen molar-refractivity contribution in [3.63, 3.8) is 0 Å². The molecule has 5 heteroatoms. The van der Waals surface area contributed by atoms with E-state index in [9.17, 15) is 9.90 Å². The number of hydrogen-bond donors (Lipinski definition) is 3. The molecule has 2 heterocycles. The number of carbonyl (C=O) groups is 1. The number of carbonyl (C=O) groups excluding carboxylic acids is 1. The molecular weight excluding hydrogens is 326 g/mol. The van der Waals surface area contributed by atoms with Gasteiger partial charge in [0, 0.05) is 24.3 Å². The zero-order valence-electron chi connectivity index (χ0n) is 16.7. The van der Waals surface area contributed by atoms with Crippen molar-refractivity contribution in [2.75, 3.05) is 18.6 Å². The summed E-state index contributed by atoms with van der Waals surface area (Å²) in [5.41, 5.74) is 4.61. The molecule has 0 spiro atoms. The first kappa shape index (κ1) is 18.8. The van der Waals surface area contributed by atoms with Gasteiger partial charge in [-0.3, -0.25) is 4.79 Å². The molecule has 3 rings (SSSR count). The zero-order valence-corrected chi connectivity index (χ0v) is 16.7. The summed E-state index contributed by atoms with van der Waals surface area (Å²) < 4.78 is 0. The fourth-order valence-corrected chi connectivity index (χ4v) is 4.17.